The smallest absolute Gasteiger partial charge is 0.271 e. The Morgan fingerprint density at radius 2 is 1.81 bits per heavy atom. The van der Waals surface area contributed by atoms with Gasteiger partial charge in [-0.2, -0.15) is 4.99 Å². The molecule has 0 fully saturated rings. The summed E-state index contributed by atoms with van der Waals surface area (Å²) in [5.74, 6) is 0.109. The monoisotopic (exact) mass is 375 g/mol. The van der Waals surface area contributed by atoms with E-state index < -0.39 is 0 Å². The van der Waals surface area contributed by atoms with Gasteiger partial charge in [0.2, 0.25) is 0 Å². The molecule has 134 valence electrons. The van der Waals surface area contributed by atoms with E-state index in [1.165, 1.54) is 17.7 Å². The van der Waals surface area contributed by atoms with Crippen molar-refractivity contribution >= 4 is 23.1 Å². The highest BCUT2D eigenvalue weighted by molar-refractivity contribution is 7.07. The van der Waals surface area contributed by atoms with Gasteiger partial charge < -0.3 is 10.3 Å². The van der Waals surface area contributed by atoms with E-state index in [1.54, 1.807) is 7.05 Å². The number of amides is 1. The van der Waals surface area contributed by atoms with Crippen molar-refractivity contribution in [2.24, 2.45) is 4.99 Å². The molecule has 4 aromatic rings. The molecule has 2 aromatic carbocycles. The van der Waals surface area contributed by atoms with Crippen LogP contribution in [-0.2, 0) is 0 Å². The number of aromatic amines is 1. The zero-order valence-corrected chi connectivity index (χ0v) is 15.4. The first-order valence-corrected chi connectivity index (χ1v) is 9.27. The van der Waals surface area contributed by atoms with E-state index >= 15 is 0 Å². The van der Waals surface area contributed by atoms with Gasteiger partial charge in [0.1, 0.15) is 0 Å². The number of hydrogen-bond acceptors (Lipinski definition) is 4. The molecule has 0 spiro atoms. The molecule has 2 N–H and O–H groups in total. The number of carbonyl (C=O) groups excluding carboxylic acids is 1. The third-order valence-electron chi connectivity index (χ3n) is 4.07. The van der Waals surface area contributed by atoms with Crippen LogP contribution in [0.15, 0.2) is 77.4 Å². The van der Waals surface area contributed by atoms with Gasteiger partial charge in [0.25, 0.3) is 5.91 Å². The molecular weight excluding hydrogens is 358 g/mol. The number of hydrogen-bond donors (Lipinski definition) is 2. The molecule has 0 bridgehead atoms. The average molecular weight is 375 g/mol. The minimum Gasteiger partial charge on any atom is -0.354 e. The number of imidazole rings is 1. The van der Waals surface area contributed by atoms with Crippen molar-refractivity contribution in [3.8, 4) is 16.9 Å². The lowest BCUT2D eigenvalue weighted by atomic mass is 10.1. The maximum atomic E-state index is 12.0. The Balaban J connectivity index is 1.94. The second-order valence-electron chi connectivity index (χ2n) is 5.73. The maximum Gasteiger partial charge on any atom is 0.271 e. The lowest BCUT2D eigenvalue weighted by molar-refractivity contribution is 0.0959. The summed E-state index contributed by atoms with van der Waals surface area (Å²) in [4.78, 5) is 24.5. The Hall–Kier alpha value is -3.45. The number of rotatable bonds is 4. The third-order valence-corrected chi connectivity index (χ3v) is 4.89. The number of nitrogens with zero attached hydrogens (tertiary/aromatic N) is 3. The predicted octanol–water partition coefficient (Wildman–Crippen LogP) is 3.52. The van der Waals surface area contributed by atoms with E-state index in [0.29, 0.717) is 11.5 Å². The van der Waals surface area contributed by atoms with Crippen molar-refractivity contribution in [2.45, 2.75) is 0 Å². The Morgan fingerprint density at radius 1 is 1.11 bits per heavy atom. The van der Waals surface area contributed by atoms with Crippen molar-refractivity contribution in [2.75, 3.05) is 7.05 Å². The molecule has 0 aliphatic carbocycles. The fraction of sp³-hybridized carbons (Fsp3) is 0.0500. The Labute approximate surface area is 159 Å². The first-order valence-electron chi connectivity index (χ1n) is 8.39. The van der Waals surface area contributed by atoms with Crippen LogP contribution in [0.5, 0.6) is 0 Å². The average Bonchev–Trinajstić information content (AvgIpc) is 3.36. The third kappa shape index (κ3) is 3.32. The van der Waals surface area contributed by atoms with E-state index in [0.717, 1.165) is 21.7 Å². The van der Waals surface area contributed by atoms with Crippen LogP contribution < -0.4 is 10.1 Å². The summed E-state index contributed by atoms with van der Waals surface area (Å²) >= 11 is 1.50. The summed E-state index contributed by atoms with van der Waals surface area (Å²) in [5, 5.41) is 4.66. The number of thiazole rings is 1. The Morgan fingerprint density at radius 3 is 2.52 bits per heavy atom. The minimum atomic E-state index is -0.252. The van der Waals surface area contributed by atoms with Crippen molar-refractivity contribution in [1.29, 1.82) is 0 Å². The van der Waals surface area contributed by atoms with Gasteiger partial charge in [0, 0.05) is 18.1 Å². The molecule has 0 saturated heterocycles. The lowest BCUT2D eigenvalue weighted by Gasteiger charge is -2.09. The van der Waals surface area contributed by atoms with Crippen LogP contribution in [0, 0.1) is 0 Å². The van der Waals surface area contributed by atoms with Crippen molar-refractivity contribution < 1.29 is 4.79 Å². The topological polar surface area (TPSA) is 75.1 Å². The second-order valence-corrected chi connectivity index (χ2v) is 6.57. The van der Waals surface area contributed by atoms with Crippen molar-refractivity contribution in [3.05, 3.63) is 82.9 Å². The van der Waals surface area contributed by atoms with Gasteiger partial charge in [-0.3, -0.25) is 9.36 Å². The van der Waals surface area contributed by atoms with Gasteiger partial charge >= 0.3 is 0 Å². The number of carbonyl (C=O) groups is 1. The summed E-state index contributed by atoms with van der Waals surface area (Å²) in [7, 11) is 1.58. The number of H-pyrrole nitrogens is 1. The molecule has 1 amide bonds. The van der Waals surface area contributed by atoms with E-state index in [9.17, 15) is 4.79 Å². The molecule has 0 unspecified atom stereocenters. The minimum absolute atomic E-state index is 0.252. The van der Waals surface area contributed by atoms with Crippen LogP contribution in [0.3, 0.4) is 0 Å². The molecule has 27 heavy (non-hydrogen) atoms. The molecule has 0 atom stereocenters. The van der Waals surface area contributed by atoms with Crippen LogP contribution in [0.4, 0.5) is 5.82 Å². The predicted molar refractivity (Wildman–Crippen MR) is 106 cm³/mol. The van der Waals surface area contributed by atoms with Crippen LogP contribution in [-0.4, -0.2) is 27.5 Å². The molecule has 0 aliphatic heterocycles. The number of benzene rings is 2. The highest BCUT2D eigenvalue weighted by atomic mass is 32.1. The van der Waals surface area contributed by atoms with Crippen molar-refractivity contribution in [1.82, 2.24) is 19.9 Å². The summed E-state index contributed by atoms with van der Waals surface area (Å²) in [6.45, 7) is 0. The molecule has 4 rings (SSSR count). The zero-order chi connectivity index (χ0) is 18.6. The highest BCUT2D eigenvalue weighted by Gasteiger charge is 2.14. The Bertz CT molecular complexity index is 1130. The normalized spacial score (nSPS) is 11.5. The molecule has 6 nitrogen and oxygen atoms in total. The van der Waals surface area contributed by atoms with E-state index in [4.69, 9.17) is 0 Å². The van der Waals surface area contributed by atoms with Gasteiger partial charge in [-0.15, -0.1) is 11.3 Å². The Kier molecular flexibility index (Phi) is 4.67. The highest BCUT2D eigenvalue weighted by Crippen LogP contribution is 2.24. The largest absolute Gasteiger partial charge is 0.354 e. The SMILES string of the molecule is CNC(=O)c1[nH]cnc1/N=c1\scc(-c2ccccc2)n1-c1ccccc1. The van der Waals surface area contributed by atoms with Gasteiger partial charge in [-0.1, -0.05) is 48.5 Å². The zero-order valence-electron chi connectivity index (χ0n) is 14.6. The fourth-order valence-corrected chi connectivity index (χ4v) is 3.69. The van der Waals surface area contributed by atoms with E-state index in [1.807, 2.05) is 48.5 Å². The van der Waals surface area contributed by atoms with Gasteiger partial charge in [0.15, 0.2) is 16.3 Å². The fourth-order valence-electron chi connectivity index (χ4n) is 2.78. The molecule has 2 aromatic heterocycles. The van der Waals surface area contributed by atoms with Gasteiger partial charge in [-0.05, 0) is 17.7 Å². The van der Waals surface area contributed by atoms with E-state index in [-0.39, 0.29) is 5.91 Å². The van der Waals surface area contributed by atoms with Crippen LogP contribution >= 0.6 is 11.3 Å². The standard InChI is InChI=1S/C20H17N5OS/c1-21-19(26)17-18(23-13-22-17)24-20-25(15-10-6-3-7-11-15)16(12-27-20)14-8-4-2-5-9-14/h2-13H,1H3,(H,21,26)(H,22,23)/b24-20-. The molecule has 7 heteroatoms. The number of nitrogens with one attached hydrogen (secondary N) is 2. The number of para-hydroxylation sites is 1. The van der Waals surface area contributed by atoms with Crippen LogP contribution in [0.1, 0.15) is 10.5 Å². The molecule has 0 radical (unpaired) electrons. The second kappa shape index (κ2) is 7.43. The molecular formula is C20H17N5OS. The van der Waals surface area contributed by atoms with Crippen LogP contribution in [0.25, 0.3) is 16.9 Å². The molecule has 0 aliphatic rings. The van der Waals surface area contributed by atoms with Gasteiger partial charge in [0.05, 0.1) is 12.0 Å². The first kappa shape index (κ1) is 17.0. The van der Waals surface area contributed by atoms with Gasteiger partial charge in [-0.25, -0.2) is 4.98 Å². The number of aromatic nitrogens is 3. The summed E-state index contributed by atoms with van der Waals surface area (Å²) in [5.41, 5.74) is 3.45. The molecule has 2 heterocycles. The first-order chi connectivity index (χ1) is 13.3. The maximum absolute atomic E-state index is 12.0. The summed E-state index contributed by atoms with van der Waals surface area (Å²) in [6.07, 6.45) is 1.47. The lowest BCUT2D eigenvalue weighted by Crippen LogP contribution is -2.19. The van der Waals surface area contributed by atoms with E-state index in [2.05, 4.69) is 42.4 Å². The summed E-state index contributed by atoms with van der Waals surface area (Å²) < 4.78 is 2.07. The quantitative estimate of drug-likeness (QED) is 0.573. The molecule has 0 saturated carbocycles. The van der Waals surface area contributed by atoms with Crippen molar-refractivity contribution in [3.63, 3.8) is 0 Å². The van der Waals surface area contributed by atoms with Crippen LogP contribution in [0.2, 0.25) is 0 Å². The summed E-state index contributed by atoms with van der Waals surface area (Å²) in [6, 6.07) is 20.2.